The normalized spacial score (nSPS) is 17.3. The lowest BCUT2D eigenvalue weighted by Crippen LogP contribution is -2.40. The predicted molar refractivity (Wildman–Crippen MR) is 113 cm³/mol. The number of hydrogen-bond acceptors (Lipinski definition) is 5. The molecule has 2 aromatic rings. The molecule has 1 aliphatic carbocycles. The highest BCUT2D eigenvalue weighted by Crippen LogP contribution is 2.46. The number of carbonyl (C=O) groups is 1. The minimum Gasteiger partial charge on any atom is -0.448 e. The first kappa shape index (κ1) is 20.7. The number of anilines is 1. The molecule has 7 nitrogen and oxygen atoms in total. The first-order valence-electron chi connectivity index (χ1n) is 10.1. The van der Waals surface area contributed by atoms with Gasteiger partial charge in [-0.2, -0.15) is 4.31 Å². The summed E-state index contributed by atoms with van der Waals surface area (Å²) in [6, 6.07) is 11.8. The van der Waals surface area contributed by atoms with Crippen LogP contribution in [0.3, 0.4) is 0 Å². The fourth-order valence-electron chi connectivity index (χ4n) is 3.84. The molecule has 1 aliphatic heterocycles. The Morgan fingerprint density at radius 2 is 1.70 bits per heavy atom. The Morgan fingerprint density at radius 3 is 2.40 bits per heavy atom. The van der Waals surface area contributed by atoms with Crippen molar-refractivity contribution in [2.75, 3.05) is 18.9 Å². The van der Waals surface area contributed by atoms with Crippen molar-refractivity contribution in [1.82, 2.24) is 4.31 Å². The van der Waals surface area contributed by atoms with Gasteiger partial charge < -0.3 is 14.8 Å². The summed E-state index contributed by atoms with van der Waals surface area (Å²) in [5.74, 6) is 0.273. The van der Waals surface area contributed by atoms with Gasteiger partial charge in [-0.05, 0) is 44.0 Å². The van der Waals surface area contributed by atoms with Crippen molar-refractivity contribution in [2.24, 2.45) is 0 Å². The van der Waals surface area contributed by atoms with Gasteiger partial charge in [-0.25, -0.2) is 8.42 Å². The fraction of sp³-hybridized carbons (Fsp3) is 0.409. The van der Waals surface area contributed by atoms with E-state index in [-0.39, 0.29) is 11.4 Å². The van der Waals surface area contributed by atoms with E-state index >= 15 is 0 Å². The molecule has 1 fully saturated rings. The second-order valence-corrected chi connectivity index (χ2v) is 10.0. The molecule has 1 spiro atoms. The highest BCUT2D eigenvalue weighted by Gasteiger charge is 2.42. The van der Waals surface area contributed by atoms with Crippen molar-refractivity contribution in [1.29, 1.82) is 0 Å². The second-order valence-electron chi connectivity index (χ2n) is 7.96. The van der Waals surface area contributed by atoms with Crippen LogP contribution in [0.4, 0.5) is 5.69 Å². The summed E-state index contributed by atoms with van der Waals surface area (Å²) in [7, 11) is -2.35. The molecule has 8 heteroatoms. The number of likely N-dealkylation sites (N-methyl/N-ethyl adjacent to an activating group) is 1. The number of ether oxygens (including phenoxy) is 2. The van der Waals surface area contributed by atoms with E-state index in [9.17, 15) is 13.2 Å². The number of sulfonamides is 1. The summed E-state index contributed by atoms with van der Waals surface area (Å²) in [4.78, 5) is 12.6. The van der Waals surface area contributed by atoms with E-state index in [1.807, 2.05) is 6.92 Å². The van der Waals surface area contributed by atoms with Crippen molar-refractivity contribution >= 4 is 21.6 Å². The standard InChI is InChI=1S/C22H26N2O5S/c1-16-6-9-18(10-7-16)30(26,27)24(2)15-21(25)23-17-8-11-19-20(14-17)29-22(28-19)12-4-3-5-13-22/h6-11,14H,3-5,12-13,15H2,1-2H3,(H,23,25). The Balaban J connectivity index is 1.40. The Hall–Kier alpha value is -2.58. The maximum atomic E-state index is 12.7. The Kier molecular flexibility index (Phi) is 5.46. The van der Waals surface area contributed by atoms with E-state index in [0.29, 0.717) is 17.2 Å². The Labute approximate surface area is 177 Å². The van der Waals surface area contributed by atoms with E-state index in [1.54, 1.807) is 30.3 Å². The van der Waals surface area contributed by atoms with Gasteiger partial charge in [0.05, 0.1) is 11.4 Å². The third kappa shape index (κ3) is 4.15. The molecule has 0 unspecified atom stereocenters. The fourth-order valence-corrected chi connectivity index (χ4v) is 4.97. The van der Waals surface area contributed by atoms with Gasteiger partial charge in [0.25, 0.3) is 5.79 Å². The number of fused-ring (bicyclic) bond motifs is 1. The molecule has 1 N–H and O–H groups in total. The van der Waals surface area contributed by atoms with Crippen LogP contribution in [0.5, 0.6) is 11.5 Å². The highest BCUT2D eigenvalue weighted by atomic mass is 32.2. The Morgan fingerprint density at radius 1 is 1.03 bits per heavy atom. The largest absolute Gasteiger partial charge is 0.448 e. The van der Waals surface area contributed by atoms with Crippen molar-refractivity contribution < 1.29 is 22.7 Å². The number of nitrogens with one attached hydrogen (secondary N) is 1. The number of hydrogen-bond donors (Lipinski definition) is 1. The lowest BCUT2D eigenvalue weighted by Gasteiger charge is -2.31. The topological polar surface area (TPSA) is 84.9 Å². The van der Waals surface area contributed by atoms with Gasteiger partial charge in [0.2, 0.25) is 15.9 Å². The highest BCUT2D eigenvalue weighted by molar-refractivity contribution is 7.89. The number of carbonyl (C=O) groups excluding carboxylic acids is 1. The molecule has 0 saturated heterocycles. The molecular weight excluding hydrogens is 404 g/mol. The molecule has 0 bridgehead atoms. The molecule has 1 amide bonds. The van der Waals surface area contributed by atoms with E-state index in [2.05, 4.69) is 5.32 Å². The summed E-state index contributed by atoms with van der Waals surface area (Å²) < 4.78 is 38.5. The quantitative estimate of drug-likeness (QED) is 0.782. The summed E-state index contributed by atoms with van der Waals surface area (Å²) in [6.45, 7) is 1.59. The molecule has 0 aromatic heterocycles. The number of amides is 1. The molecule has 30 heavy (non-hydrogen) atoms. The van der Waals surface area contributed by atoms with Crippen LogP contribution >= 0.6 is 0 Å². The van der Waals surface area contributed by atoms with Gasteiger partial charge >= 0.3 is 0 Å². The summed E-state index contributed by atoms with van der Waals surface area (Å²) in [6.07, 6.45) is 5.03. The molecule has 1 heterocycles. The minimum atomic E-state index is -3.74. The molecule has 4 rings (SSSR count). The van der Waals surface area contributed by atoms with E-state index in [0.717, 1.165) is 35.6 Å². The maximum absolute atomic E-state index is 12.7. The van der Waals surface area contributed by atoms with Crippen LogP contribution in [0.2, 0.25) is 0 Å². The second kappa shape index (κ2) is 7.92. The first-order chi connectivity index (χ1) is 14.3. The minimum absolute atomic E-state index is 0.157. The van der Waals surface area contributed by atoms with Gasteiger partial charge in [-0.3, -0.25) is 4.79 Å². The average molecular weight is 431 g/mol. The molecule has 2 aromatic carbocycles. The van der Waals surface area contributed by atoms with Gasteiger partial charge in [0.15, 0.2) is 11.5 Å². The van der Waals surface area contributed by atoms with Crippen LogP contribution in [0.1, 0.15) is 37.7 Å². The average Bonchev–Trinajstić information content (AvgIpc) is 3.05. The van der Waals surface area contributed by atoms with Crippen molar-refractivity contribution in [3.8, 4) is 11.5 Å². The predicted octanol–water partition coefficient (Wildman–Crippen LogP) is 3.69. The van der Waals surface area contributed by atoms with Crippen LogP contribution < -0.4 is 14.8 Å². The van der Waals surface area contributed by atoms with Gasteiger partial charge in [0, 0.05) is 31.6 Å². The van der Waals surface area contributed by atoms with Crippen LogP contribution in [-0.4, -0.2) is 38.0 Å². The summed E-state index contributed by atoms with van der Waals surface area (Å²) in [5, 5.41) is 2.75. The van der Waals surface area contributed by atoms with Crippen LogP contribution in [0.25, 0.3) is 0 Å². The Bertz CT molecular complexity index is 1040. The van der Waals surface area contributed by atoms with Crippen molar-refractivity contribution in [3.63, 3.8) is 0 Å². The van der Waals surface area contributed by atoms with Crippen LogP contribution in [-0.2, 0) is 14.8 Å². The smallest absolute Gasteiger partial charge is 0.251 e. The lowest BCUT2D eigenvalue weighted by atomic mass is 9.94. The number of rotatable bonds is 5. The number of nitrogens with zero attached hydrogens (tertiary/aromatic N) is 1. The lowest BCUT2D eigenvalue weighted by molar-refractivity contribution is -0.116. The van der Waals surface area contributed by atoms with Crippen molar-refractivity contribution in [3.05, 3.63) is 48.0 Å². The van der Waals surface area contributed by atoms with E-state index in [1.165, 1.54) is 25.6 Å². The molecule has 0 radical (unpaired) electrons. The monoisotopic (exact) mass is 430 g/mol. The number of aryl methyl sites for hydroxylation is 1. The molecule has 0 atom stereocenters. The summed E-state index contributed by atoms with van der Waals surface area (Å²) >= 11 is 0. The van der Waals surface area contributed by atoms with Crippen LogP contribution in [0, 0.1) is 6.92 Å². The SMILES string of the molecule is Cc1ccc(S(=O)(=O)N(C)CC(=O)Nc2ccc3c(c2)OC2(CCCCC2)O3)cc1. The third-order valence-corrected chi connectivity index (χ3v) is 7.35. The van der Waals surface area contributed by atoms with E-state index in [4.69, 9.17) is 9.47 Å². The van der Waals surface area contributed by atoms with Gasteiger partial charge in [0.1, 0.15) is 0 Å². The van der Waals surface area contributed by atoms with E-state index < -0.39 is 21.7 Å². The zero-order valence-electron chi connectivity index (χ0n) is 17.2. The third-order valence-electron chi connectivity index (χ3n) is 5.53. The number of benzene rings is 2. The van der Waals surface area contributed by atoms with Gasteiger partial charge in [-0.1, -0.05) is 24.1 Å². The molecule has 160 valence electrons. The molecular formula is C22H26N2O5S. The molecule has 1 saturated carbocycles. The van der Waals surface area contributed by atoms with Crippen LogP contribution in [0.15, 0.2) is 47.4 Å². The zero-order chi connectivity index (χ0) is 21.4. The first-order valence-corrected chi connectivity index (χ1v) is 11.6. The van der Waals surface area contributed by atoms with Gasteiger partial charge in [-0.15, -0.1) is 0 Å². The summed E-state index contributed by atoms with van der Waals surface area (Å²) in [5.41, 5.74) is 1.50. The maximum Gasteiger partial charge on any atom is 0.251 e. The van der Waals surface area contributed by atoms with Crippen molar-refractivity contribution in [2.45, 2.75) is 49.7 Å². The zero-order valence-corrected chi connectivity index (χ0v) is 18.0. The molecule has 2 aliphatic rings.